The summed E-state index contributed by atoms with van der Waals surface area (Å²) in [4.78, 5) is 12.4. The van der Waals surface area contributed by atoms with Gasteiger partial charge in [0.05, 0.1) is 11.2 Å². The molecule has 1 heterocycles. The first-order valence-corrected chi connectivity index (χ1v) is 11.5. The van der Waals surface area contributed by atoms with Crippen LogP contribution in [0.4, 0.5) is 18.0 Å². The monoisotopic (exact) mass is 493 g/mol. The van der Waals surface area contributed by atoms with Crippen LogP contribution in [0.5, 0.6) is 0 Å². The van der Waals surface area contributed by atoms with Crippen LogP contribution in [0.3, 0.4) is 0 Å². The Balaban J connectivity index is 1.73. The molecule has 1 amide bonds. The minimum absolute atomic E-state index is 0.0729. The zero-order valence-corrected chi connectivity index (χ0v) is 20.3. The molecular weight excluding hydrogens is 466 g/mol. The second-order valence-electron chi connectivity index (χ2n) is 8.84. The van der Waals surface area contributed by atoms with Crippen LogP contribution in [0, 0.1) is 0 Å². The Kier molecular flexibility index (Phi) is 8.05. The highest BCUT2D eigenvalue weighted by molar-refractivity contribution is 8.00. The first-order chi connectivity index (χ1) is 15.8. The van der Waals surface area contributed by atoms with Gasteiger partial charge in [-0.05, 0) is 68.2 Å². The number of carbonyl (C=O) groups excluding carboxylic acids is 1. The van der Waals surface area contributed by atoms with E-state index in [9.17, 15) is 18.0 Å². The molecule has 1 fully saturated rings. The largest absolute Gasteiger partial charge is 0.492 e. The van der Waals surface area contributed by atoms with Gasteiger partial charge in [0.25, 0.3) is 0 Å². The van der Waals surface area contributed by atoms with Gasteiger partial charge in [0.2, 0.25) is 0 Å². The van der Waals surface area contributed by atoms with E-state index in [4.69, 9.17) is 14.0 Å². The van der Waals surface area contributed by atoms with E-state index < -0.39 is 29.9 Å². The van der Waals surface area contributed by atoms with Crippen molar-refractivity contribution in [3.8, 4) is 0 Å². The molecule has 182 valence electrons. The number of benzene rings is 2. The predicted octanol–water partition coefficient (Wildman–Crippen LogP) is 6.24. The van der Waals surface area contributed by atoms with E-state index in [1.165, 1.54) is 12.1 Å². The van der Waals surface area contributed by atoms with Crippen LogP contribution in [-0.4, -0.2) is 36.5 Å². The maximum Gasteiger partial charge on any atom is 0.492 e. The van der Waals surface area contributed by atoms with E-state index in [0.717, 1.165) is 5.56 Å². The molecule has 0 saturated carbocycles. The molecule has 0 atom stereocenters. The molecule has 0 aromatic heterocycles. The van der Waals surface area contributed by atoms with E-state index >= 15 is 0 Å². The van der Waals surface area contributed by atoms with Gasteiger partial charge in [0, 0.05) is 11.4 Å². The maximum atomic E-state index is 12.6. The van der Waals surface area contributed by atoms with Crippen molar-refractivity contribution in [2.75, 3.05) is 6.54 Å². The molecule has 10 heteroatoms. The third-order valence-electron chi connectivity index (χ3n) is 5.67. The van der Waals surface area contributed by atoms with Crippen LogP contribution in [0.15, 0.2) is 65.0 Å². The summed E-state index contributed by atoms with van der Waals surface area (Å²) in [7, 11) is -0.747. The Hall–Kier alpha value is -2.43. The molecular formula is C24H27BF3NO4S. The third-order valence-corrected chi connectivity index (χ3v) is 6.41. The van der Waals surface area contributed by atoms with Crippen molar-refractivity contribution in [2.24, 2.45) is 0 Å². The van der Waals surface area contributed by atoms with Crippen molar-refractivity contribution in [1.29, 1.82) is 0 Å². The Morgan fingerprint density at radius 3 is 2.18 bits per heavy atom. The zero-order chi connectivity index (χ0) is 25.0. The molecule has 0 aliphatic carbocycles. The lowest BCUT2D eigenvalue weighted by atomic mass is 9.77. The summed E-state index contributed by atoms with van der Waals surface area (Å²) < 4.78 is 55.3. The zero-order valence-electron chi connectivity index (χ0n) is 19.4. The Labute approximate surface area is 202 Å². The number of rotatable bonds is 7. The molecule has 1 aliphatic rings. The fraction of sp³-hybridized carbons (Fsp3) is 0.375. The lowest BCUT2D eigenvalue weighted by Crippen LogP contribution is -2.41. The number of thioether (sulfide) groups is 1. The fourth-order valence-corrected chi connectivity index (χ4v) is 3.66. The number of ether oxygens (including phenoxy) is 1. The SMILES string of the molecule is CC1(C)OB(C(=Cc2ccc(SC(F)(F)F)cc2)CNC(=O)OCc2ccccc2)OC1(C)C. The van der Waals surface area contributed by atoms with Crippen molar-refractivity contribution in [3.05, 3.63) is 71.2 Å². The van der Waals surface area contributed by atoms with Gasteiger partial charge in [0.15, 0.2) is 0 Å². The van der Waals surface area contributed by atoms with Crippen molar-refractivity contribution in [3.63, 3.8) is 0 Å². The van der Waals surface area contributed by atoms with Gasteiger partial charge in [-0.25, -0.2) is 4.79 Å². The second kappa shape index (κ2) is 10.5. The van der Waals surface area contributed by atoms with Gasteiger partial charge in [0.1, 0.15) is 6.61 Å². The molecule has 1 N–H and O–H groups in total. The van der Waals surface area contributed by atoms with Gasteiger partial charge in [-0.2, -0.15) is 13.2 Å². The summed E-state index contributed by atoms with van der Waals surface area (Å²) in [5.41, 5.74) is -3.44. The predicted molar refractivity (Wildman–Crippen MR) is 127 cm³/mol. The summed E-state index contributed by atoms with van der Waals surface area (Å²) in [5, 5.41) is 2.70. The smallest absolute Gasteiger partial charge is 0.445 e. The van der Waals surface area contributed by atoms with Crippen LogP contribution in [0.2, 0.25) is 0 Å². The molecule has 0 radical (unpaired) electrons. The molecule has 1 saturated heterocycles. The first-order valence-electron chi connectivity index (χ1n) is 10.7. The highest BCUT2D eigenvalue weighted by Gasteiger charge is 2.52. The van der Waals surface area contributed by atoms with Gasteiger partial charge >= 0.3 is 18.7 Å². The van der Waals surface area contributed by atoms with E-state index in [0.29, 0.717) is 11.0 Å². The number of nitrogens with one attached hydrogen (secondary N) is 1. The Bertz CT molecular complexity index is 995. The summed E-state index contributed by atoms with van der Waals surface area (Å²) in [6.07, 6.45) is 1.13. The molecule has 2 aromatic carbocycles. The number of amides is 1. The van der Waals surface area contributed by atoms with Crippen LogP contribution < -0.4 is 5.32 Å². The van der Waals surface area contributed by atoms with Gasteiger partial charge in [-0.1, -0.05) is 48.5 Å². The van der Waals surface area contributed by atoms with Crippen LogP contribution in [0.25, 0.3) is 6.08 Å². The summed E-state index contributed by atoms with van der Waals surface area (Å²) in [6.45, 7) is 7.85. The summed E-state index contributed by atoms with van der Waals surface area (Å²) in [5.74, 6) is 0. The van der Waals surface area contributed by atoms with E-state index in [2.05, 4.69) is 5.32 Å². The van der Waals surface area contributed by atoms with Crippen molar-refractivity contribution in [2.45, 2.75) is 55.9 Å². The number of alkyl carbamates (subject to hydrolysis) is 1. The topological polar surface area (TPSA) is 56.8 Å². The average molecular weight is 493 g/mol. The molecule has 3 rings (SSSR count). The van der Waals surface area contributed by atoms with E-state index in [-0.39, 0.29) is 29.8 Å². The summed E-state index contributed by atoms with van der Waals surface area (Å²) >= 11 is -0.173. The lowest BCUT2D eigenvalue weighted by Gasteiger charge is -2.32. The lowest BCUT2D eigenvalue weighted by molar-refractivity contribution is -0.0328. The molecule has 5 nitrogen and oxygen atoms in total. The number of halogens is 3. The molecule has 34 heavy (non-hydrogen) atoms. The number of hydrogen-bond donors (Lipinski definition) is 1. The number of carbonyl (C=O) groups is 1. The van der Waals surface area contributed by atoms with Gasteiger partial charge < -0.3 is 19.4 Å². The quantitative estimate of drug-likeness (QED) is 0.366. The molecule has 0 spiro atoms. The van der Waals surface area contributed by atoms with Gasteiger partial charge in [-0.3, -0.25) is 0 Å². The standard InChI is InChI=1S/C24H27BF3NO4S/c1-22(2)23(3,4)33-25(32-22)19(14-17-10-12-20(13-11-17)34-24(26,27)28)15-29-21(30)31-16-18-8-6-5-7-9-18/h5-14H,15-16H2,1-4H3,(H,29,30). The molecule has 0 bridgehead atoms. The fourth-order valence-electron chi connectivity index (χ4n) is 3.13. The Morgan fingerprint density at radius 1 is 1.03 bits per heavy atom. The molecule has 2 aromatic rings. The van der Waals surface area contributed by atoms with Crippen molar-refractivity contribution >= 4 is 31.0 Å². The van der Waals surface area contributed by atoms with Crippen LogP contribution >= 0.6 is 11.8 Å². The minimum Gasteiger partial charge on any atom is -0.445 e. The van der Waals surface area contributed by atoms with Crippen LogP contribution in [0.1, 0.15) is 38.8 Å². The third kappa shape index (κ3) is 7.28. The van der Waals surface area contributed by atoms with E-state index in [1.807, 2.05) is 58.0 Å². The minimum atomic E-state index is -4.35. The van der Waals surface area contributed by atoms with Crippen molar-refractivity contribution < 1.29 is 32.0 Å². The second-order valence-corrected chi connectivity index (χ2v) is 9.98. The normalized spacial score (nSPS) is 17.5. The Morgan fingerprint density at radius 2 is 1.62 bits per heavy atom. The maximum absolute atomic E-state index is 12.6. The first kappa shape index (κ1) is 26.2. The molecule has 0 unspecified atom stereocenters. The summed E-state index contributed by atoms with van der Waals surface area (Å²) in [6, 6.07) is 15.2. The highest BCUT2D eigenvalue weighted by atomic mass is 32.2. The number of alkyl halides is 3. The van der Waals surface area contributed by atoms with Gasteiger partial charge in [-0.15, -0.1) is 0 Å². The molecule has 1 aliphatic heterocycles. The average Bonchev–Trinajstić information content (AvgIpc) is 2.97. The number of hydrogen-bond acceptors (Lipinski definition) is 5. The van der Waals surface area contributed by atoms with Crippen LogP contribution in [-0.2, 0) is 20.7 Å². The van der Waals surface area contributed by atoms with E-state index in [1.54, 1.807) is 18.2 Å². The highest BCUT2D eigenvalue weighted by Crippen LogP contribution is 2.39. The van der Waals surface area contributed by atoms with Crippen molar-refractivity contribution in [1.82, 2.24) is 5.32 Å².